The average Bonchev–Trinajstić information content (AvgIpc) is 3.30. The molecule has 1 fully saturated rings. The average molecular weight is 309 g/mol. The molecule has 7 nitrogen and oxygen atoms in total. The molecular formula is C16H19N7. The molecule has 0 saturated carbocycles. The van der Waals surface area contributed by atoms with Crippen LogP contribution >= 0.6 is 0 Å². The summed E-state index contributed by atoms with van der Waals surface area (Å²) in [6.07, 6.45) is 6.30. The Bertz CT molecular complexity index is 735. The zero-order valence-corrected chi connectivity index (χ0v) is 12.8. The Kier molecular flexibility index (Phi) is 3.85. The molecule has 3 heterocycles. The lowest BCUT2D eigenvalue weighted by atomic mass is 9.95. The van der Waals surface area contributed by atoms with Crippen molar-refractivity contribution in [3.8, 4) is 0 Å². The van der Waals surface area contributed by atoms with Crippen molar-refractivity contribution in [3.63, 3.8) is 0 Å². The van der Waals surface area contributed by atoms with Crippen LogP contribution in [0, 0.1) is 5.92 Å². The Hall–Kier alpha value is -2.54. The van der Waals surface area contributed by atoms with Crippen molar-refractivity contribution < 1.29 is 0 Å². The first kappa shape index (κ1) is 14.1. The van der Waals surface area contributed by atoms with Crippen molar-refractivity contribution in [2.75, 3.05) is 13.1 Å². The van der Waals surface area contributed by atoms with E-state index in [2.05, 4.69) is 56.0 Å². The van der Waals surface area contributed by atoms with Crippen molar-refractivity contribution >= 4 is 0 Å². The molecule has 0 aliphatic carbocycles. The molecule has 118 valence electrons. The van der Waals surface area contributed by atoms with E-state index in [9.17, 15) is 0 Å². The summed E-state index contributed by atoms with van der Waals surface area (Å²) >= 11 is 0. The Morgan fingerprint density at radius 1 is 1.17 bits per heavy atom. The standard InChI is InChI=1S/C16H19N7/c1-2-4-13(5-3-1)6-14-7-17-8-16(14)23-10-15(20-21-23)9-22-12-18-11-19-22/h1-5,10-12,14,16-17H,6-9H2/t14-,16+/m1/s1. The molecular weight excluding hydrogens is 290 g/mol. The Morgan fingerprint density at radius 2 is 2.09 bits per heavy atom. The van der Waals surface area contributed by atoms with Crippen molar-refractivity contribution in [1.29, 1.82) is 0 Å². The number of hydrogen-bond donors (Lipinski definition) is 1. The van der Waals surface area contributed by atoms with Crippen molar-refractivity contribution in [2.24, 2.45) is 5.92 Å². The second-order valence-electron chi connectivity index (χ2n) is 5.96. The first-order chi connectivity index (χ1) is 11.4. The van der Waals surface area contributed by atoms with Gasteiger partial charge in [0.25, 0.3) is 0 Å². The monoisotopic (exact) mass is 309 g/mol. The van der Waals surface area contributed by atoms with E-state index in [-0.39, 0.29) is 0 Å². The van der Waals surface area contributed by atoms with Gasteiger partial charge in [0.2, 0.25) is 0 Å². The highest BCUT2D eigenvalue weighted by Crippen LogP contribution is 2.25. The lowest BCUT2D eigenvalue weighted by Crippen LogP contribution is -2.20. The predicted octanol–water partition coefficient (Wildman–Crippen LogP) is 0.921. The Labute approximate surface area is 134 Å². The molecule has 0 radical (unpaired) electrons. The zero-order chi connectivity index (χ0) is 15.5. The molecule has 1 N–H and O–H groups in total. The largest absolute Gasteiger partial charge is 0.314 e. The third-order valence-corrected chi connectivity index (χ3v) is 4.33. The Balaban J connectivity index is 1.47. The normalized spacial score (nSPS) is 20.9. The summed E-state index contributed by atoms with van der Waals surface area (Å²) in [6.45, 7) is 2.55. The van der Waals surface area contributed by atoms with Crippen LogP contribution in [-0.4, -0.2) is 42.8 Å². The molecule has 0 amide bonds. The van der Waals surface area contributed by atoms with Gasteiger partial charge in [0.1, 0.15) is 18.3 Å². The van der Waals surface area contributed by atoms with Crippen LogP contribution in [0.1, 0.15) is 17.3 Å². The molecule has 2 atom stereocenters. The maximum Gasteiger partial charge on any atom is 0.137 e. The van der Waals surface area contributed by atoms with Gasteiger partial charge in [0.15, 0.2) is 0 Å². The first-order valence-corrected chi connectivity index (χ1v) is 7.86. The SMILES string of the molecule is c1ccc(C[C@@H]2CNC[C@@H]2n2cc(Cn3cncn3)nn2)cc1. The van der Waals surface area contributed by atoms with E-state index in [4.69, 9.17) is 0 Å². The summed E-state index contributed by atoms with van der Waals surface area (Å²) in [5, 5.41) is 16.2. The minimum absolute atomic E-state index is 0.340. The van der Waals surface area contributed by atoms with Crippen LogP contribution in [0.2, 0.25) is 0 Å². The summed E-state index contributed by atoms with van der Waals surface area (Å²) in [6, 6.07) is 11.0. The van der Waals surface area contributed by atoms with E-state index in [1.165, 1.54) is 11.9 Å². The number of nitrogens with zero attached hydrogens (tertiary/aromatic N) is 6. The lowest BCUT2D eigenvalue weighted by molar-refractivity contribution is 0.368. The fraction of sp³-hybridized carbons (Fsp3) is 0.375. The number of aromatic nitrogens is 6. The van der Waals surface area contributed by atoms with E-state index in [0.29, 0.717) is 18.5 Å². The molecule has 1 aliphatic rings. The van der Waals surface area contributed by atoms with Crippen LogP contribution in [0.5, 0.6) is 0 Å². The van der Waals surface area contributed by atoms with E-state index < -0.39 is 0 Å². The lowest BCUT2D eigenvalue weighted by Gasteiger charge is -2.18. The van der Waals surface area contributed by atoms with Gasteiger partial charge in [-0.1, -0.05) is 35.5 Å². The highest BCUT2D eigenvalue weighted by Gasteiger charge is 2.29. The number of benzene rings is 1. The molecule has 1 saturated heterocycles. The second kappa shape index (κ2) is 6.29. The van der Waals surface area contributed by atoms with E-state index in [1.54, 1.807) is 11.0 Å². The van der Waals surface area contributed by atoms with Crippen LogP contribution in [0.15, 0.2) is 49.2 Å². The fourth-order valence-electron chi connectivity index (χ4n) is 3.18. The highest BCUT2D eigenvalue weighted by atomic mass is 15.4. The number of nitrogens with one attached hydrogen (secondary N) is 1. The summed E-state index contributed by atoms with van der Waals surface area (Å²) in [5.41, 5.74) is 2.27. The van der Waals surface area contributed by atoms with Crippen LogP contribution < -0.4 is 5.32 Å². The molecule has 0 unspecified atom stereocenters. The predicted molar refractivity (Wildman–Crippen MR) is 84.7 cm³/mol. The van der Waals surface area contributed by atoms with Gasteiger partial charge in [0.05, 0.1) is 18.8 Å². The quantitative estimate of drug-likeness (QED) is 0.759. The topological polar surface area (TPSA) is 73.5 Å². The molecule has 7 heteroatoms. The second-order valence-corrected chi connectivity index (χ2v) is 5.96. The number of rotatable bonds is 5. The summed E-state index contributed by atoms with van der Waals surface area (Å²) in [7, 11) is 0. The first-order valence-electron chi connectivity index (χ1n) is 7.86. The smallest absolute Gasteiger partial charge is 0.137 e. The highest BCUT2D eigenvalue weighted by molar-refractivity contribution is 5.16. The molecule has 4 rings (SSSR count). The third-order valence-electron chi connectivity index (χ3n) is 4.33. The summed E-state index contributed by atoms with van der Waals surface area (Å²) < 4.78 is 3.75. The van der Waals surface area contributed by atoms with Gasteiger partial charge in [-0.25, -0.2) is 14.3 Å². The third kappa shape index (κ3) is 3.14. The molecule has 0 bridgehead atoms. The molecule has 1 aromatic carbocycles. The van der Waals surface area contributed by atoms with Crippen LogP contribution in [0.4, 0.5) is 0 Å². The zero-order valence-electron chi connectivity index (χ0n) is 12.8. The molecule has 23 heavy (non-hydrogen) atoms. The molecule has 2 aromatic heterocycles. The van der Waals surface area contributed by atoms with Gasteiger partial charge in [-0.3, -0.25) is 0 Å². The number of hydrogen-bond acceptors (Lipinski definition) is 5. The van der Waals surface area contributed by atoms with Gasteiger partial charge in [-0.05, 0) is 17.9 Å². The molecule has 0 spiro atoms. The van der Waals surface area contributed by atoms with Crippen molar-refractivity contribution in [3.05, 3.63) is 60.4 Å². The van der Waals surface area contributed by atoms with Crippen LogP contribution in [0.3, 0.4) is 0 Å². The molecule has 3 aromatic rings. The van der Waals surface area contributed by atoms with Crippen LogP contribution in [-0.2, 0) is 13.0 Å². The van der Waals surface area contributed by atoms with E-state index in [1.807, 2.05) is 10.9 Å². The van der Waals surface area contributed by atoms with E-state index in [0.717, 1.165) is 25.2 Å². The van der Waals surface area contributed by atoms with Gasteiger partial charge in [0, 0.05) is 13.1 Å². The summed E-state index contributed by atoms with van der Waals surface area (Å²) in [5.74, 6) is 0.526. The Morgan fingerprint density at radius 3 is 2.91 bits per heavy atom. The van der Waals surface area contributed by atoms with Crippen molar-refractivity contribution in [2.45, 2.75) is 19.0 Å². The minimum Gasteiger partial charge on any atom is -0.314 e. The van der Waals surface area contributed by atoms with Gasteiger partial charge in [-0.2, -0.15) is 5.10 Å². The maximum absolute atomic E-state index is 4.34. The summed E-state index contributed by atoms with van der Waals surface area (Å²) in [4.78, 5) is 3.95. The van der Waals surface area contributed by atoms with E-state index >= 15 is 0 Å². The van der Waals surface area contributed by atoms with Crippen LogP contribution in [0.25, 0.3) is 0 Å². The van der Waals surface area contributed by atoms with Crippen molar-refractivity contribution in [1.82, 2.24) is 35.1 Å². The van der Waals surface area contributed by atoms with Gasteiger partial charge >= 0.3 is 0 Å². The van der Waals surface area contributed by atoms with Gasteiger partial charge in [-0.15, -0.1) is 5.10 Å². The van der Waals surface area contributed by atoms with Gasteiger partial charge < -0.3 is 5.32 Å². The molecule has 1 aliphatic heterocycles. The fourth-order valence-corrected chi connectivity index (χ4v) is 3.18. The maximum atomic E-state index is 4.34. The minimum atomic E-state index is 0.340.